The van der Waals surface area contributed by atoms with Crippen LogP contribution in [0.4, 0.5) is 5.82 Å². The van der Waals surface area contributed by atoms with Gasteiger partial charge in [-0.1, -0.05) is 12.1 Å². The summed E-state index contributed by atoms with van der Waals surface area (Å²) in [5.41, 5.74) is 1.41. The number of aromatic hydroxyl groups is 1. The van der Waals surface area contributed by atoms with Crippen LogP contribution in [0.3, 0.4) is 0 Å². The van der Waals surface area contributed by atoms with Crippen molar-refractivity contribution in [2.45, 2.75) is 38.8 Å². The van der Waals surface area contributed by atoms with Gasteiger partial charge in [0.1, 0.15) is 17.1 Å². The van der Waals surface area contributed by atoms with Gasteiger partial charge in [0.05, 0.1) is 0 Å². The predicted molar refractivity (Wildman–Crippen MR) is 118 cm³/mol. The predicted octanol–water partition coefficient (Wildman–Crippen LogP) is 2.27. The number of aromatic carboxylic acids is 1. The summed E-state index contributed by atoms with van der Waals surface area (Å²) in [6, 6.07) is 8.05. The monoisotopic (exact) mass is 440 g/mol. The number of nitrogens with zero attached hydrogens (tertiary/aromatic N) is 1. The van der Waals surface area contributed by atoms with E-state index < -0.39 is 5.97 Å². The lowest BCUT2D eigenvalue weighted by Crippen LogP contribution is -2.36. The maximum absolute atomic E-state index is 12.4. The first-order chi connectivity index (χ1) is 15.4. The van der Waals surface area contributed by atoms with Gasteiger partial charge in [-0.3, -0.25) is 9.59 Å². The van der Waals surface area contributed by atoms with Gasteiger partial charge in [0, 0.05) is 38.2 Å². The van der Waals surface area contributed by atoms with E-state index in [2.05, 4.69) is 20.9 Å². The fraction of sp³-hybridized carbons (Fsp3) is 0.391. The van der Waals surface area contributed by atoms with E-state index >= 15 is 0 Å². The van der Waals surface area contributed by atoms with Crippen LogP contribution in [0.15, 0.2) is 36.5 Å². The number of nitrogens with one attached hydrogen (secondary N) is 3. The lowest BCUT2D eigenvalue weighted by atomic mass is 9.81. The topological polar surface area (TPSA) is 141 Å². The molecule has 1 aromatic heterocycles. The summed E-state index contributed by atoms with van der Waals surface area (Å²) in [6.45, 7) is 0.726. The van der Waals surface area contributed by atoms with Crippen LogP contribution in [-0.4, -0.2) is 40.0 Å². The number of carbonyl (C=O) groups excluding carboxylic acids is 2. The van der Waals surface area contributed by atoms with Crippen molar-refractivity contribution in [3.05, 3.63) is 53.2 Å². The number of hydrogen-bond acceptors (Lipinski definition) is 6. The highest BCUT2D eigenvalue weighted by Gasteiger charge is 2.29. The third kappa shape index (κ3) is 5.96. The lowest BCUT2D eigenvalue weighted by molar-refractivity contribution is -0.130. The van der Waals surface area contributed by atoms with Crippen molar-refractivity contribution in [2.24, 2.45) is 11.8 Å². The Bertz CT molecular complexity index is 969. The van der Waals surface area contributed by atoms with Crippen LogP contribution in [0.5, 0.6) is 5.75 Å². The summed E-state index contributed by atoms with van der Waals surface area (Å²) < 4.78 is 0. The van der Waals surface area contributed by atoms with E-state index in [9.17, 15) is 19.5 Å². The smallest absolute Gasteiger partial charge is 0.339 e. The number of pyridine rings is 1. The number of carbonyl (C=O) groups is 3. The molecule has 1 aliphatic rings. The number of carboxylic acid groups (broad SMARTS) is 1. The molecule has 5 N–H and O–H groups in total. The maximum Gasteiger partial charge on any atom is 0.339 e. The van der Waals surface area contributed by atoms with Crippen molar-refractivity contribution >= 4 is 23.6 Å². The number of phenols is 1. The molecule has 0 atom stereocenters. The number of benzene rings is 1. The highest BCUT2D eigenvalue weighted by atomic mass is 16.4. The van der Waals surface area contributed by atoms with Gasteiger partial charge in [-0.25, -0.2) is 9.78 Å². The molecule has 0 spiro atoms. The summed E-state index contributed by atoms with van der Waals surface area (Å²) in [5, 5.41) is 27.4. The molecule has 170 valence electrons. The average Bonchev–Trinajstić information content (AvgIpc) is 2.82. The largest absolute Gasteiger partial charge is 0.507 e. The SMILES string of the molecule is CNC(=O)C1CCC(C(=O)NCc2ccc(NCc3ccc(O)c(C(=O)O)c3)nc2)CC1. The molecule has 32 heavy (non-hydrogen) atoms. The van der Waals surface area contributed by atoms with Crippen molar-refractivity contribution in [1.82, 2.24) is 15.6 Å². The van der Waals surface area contributed by atoms with Crippen molar-refractivity contribution in [3.63, 3.8) is 0 Å². The molecule has 1 fully saturated rings. The molecule has 1 saturated carbocycles. The molecular formula is C23H28N4O5. The van der Waals surface area contributed by atoms with E-state index in [0.29, 0.717) is 37.3 Å². The molecule has 1 aromatic carbocycles. The second kappa shape index (κ2) is 10.6. The van der Waals surface area contributed by atoms with Crippen molar-refractivity contribution in [1.29, 1.82) is 0 Å². The molecule has 0 bridgehead atoms. The fourth-order valence-corrected chi connectivity index (χ4v) is 3.85. The first-order valence-electron chi connectivity index (χ1n) is 10.6. The second-order valence-electron chi connectivity index (χ2n) is 7.94. The first-order valence-corrected chi connectivity index (χ1v) is 10.6. The third-order valence-electron chi connectivity index (χ3n) is 5.77. The van der Waals surface area contributed by atoms with Gasteiger partial charge in [-0.05, 0) is 55.0 Å². The van der Waals surface area contributed by atoms with E-state index in [-0.39, 0.29) is 35.0 Å². The van der Waals surface area contributed by atoms with E-state index in [1.807, 2.05) is 6.07 Å². The first kappa shape index (κ1) is 23.1. The molecule has 3 rings (SSSR count). The van der Waals surface area contributed by atoms with Gasteiger partial charge in [-0.15, -0.1) is 0 Å². The molecule has 0 aliphatic heterocycles. The van der Waals surface area contributed by atoms with Gasteiger partial charge < -0.3 is 26.2 Å². The number of rotatable bonds is 8. The van der Waals surface area contributed by atoms with E-state index in [0.717, 1.165) is 18.4 Å². The van der Waals surface area contributed by atoms with Crippen molar-refractivity contribution < 1.29 is 24.6 Å². The minimum Gasteiger partial charge on any atom is -0.507 e. The number of carboxylic acids is 1. The van der Waals surface area contributed by atoms with Gasteiger partial charge >= 0.3 is 5.97 Å². The summed E-state index contributed by atoms with van der Waals surface area (Å²) >= 11 is 0. The van der Waals surface area contributed by atoms with E-state index in [1.165, 1.54) is 12.1 Å². The Kier molecular flexibility index (Phi) is 7.64. The fourth-order valence-electron chi connectivity index (χ4n) is 3.85. The molecule has 9 heteroatoms. The Balaban J connectivity index is 1.45. The Morgan fingerprint density at radius 1 is 0.969 bits per heavy atom. The minimum atomic E-state index is -1.19. The second-order valence-corrected chi connectivity index (χ2v) is 7.94. The van der Waals surface area contributed by atoms with Gasteiger partial charge in [0.15, 0.2) is 0 Å². The van der Waals surface area contributed by atoms with Crippen LogP contribution in [0, 0.1) is 11.8 Å². The molecule has 2 aromatic rings. The number of aromatic nitrogens is 1. The van der Waals surface area contributed by atoms with Crippen molar-refractivity contribution in [3.8, 4) is 5.75 Å². The maximum atomic E-state index is 12.4. The standard InChI is InChI=1S/C23H28N4O5/c1-24-21(29)16-4-6-17(7-5-16)22(30)27-13-15-3-9-20(26-12-15)25-11-14-2-8-19(28)18(10-14)23(31)32/h2-3,8-10,12,16-17,28H,4-7,11,13H2,1H3,(H,24,29)(H,25,26)(H,27,30)(H,31,32). The minimum absolute atomic E-state index is 0.00382. The number of anilines is 1. The summed E-state index contributed by atoms with van der Waals surface area (Å²) in [4.78, 5) is 39.6. The van der Waals surface area contributed by atoms with Crippen LogP contribution < -0.4 is 16.0 Å². The van der Waals surface area contributed by atoms with Gasteiger partial charge in [0.2, 0.25) is 11.8 Å². The van der Waals surface area contributed by atoms with Gasteiger partial charge in [0.25, 0.3) is 0 Å². The third-order valence-corrected chi connectivity index (χ3v) is 5.77. The Labute approximate surface area is 186 Å². The molecule has 0 unspecified atom stereocenters. The van der Waals surface area contributed by atoms with E-state index in [4.69, 9.17) is 5.11 Å². The van der Waals surface area contributed by atoms with Crippen LogP contribution in [0.25, 0.3) is 0 Å². The molecule has 0 saturated heterocycles. The molecule has 0 radical (unpaired) electrons. The summed E-state index contributed by atoms with van der Waals surface area (Å²) in [6.07, 6.45) is 4.56. The molecule has 1 aliphatic carbocycles. The zero-order valence-electron chi connectivity index (χ0n) is 17.9. The molecule has 1 heterocycles. The zero-order valence-corrected chi connectivity index (χ0v) is 17.9. The lowest BCUT2D eigenvalue weighted by Gasteiger charge is -2.26. The highest BCUT2D eigenvalue weighted by molar-refractivity contribution is 5.91. The normalized spacial score (nSPS) is 17.9. The zero-order chi connectivity index (χ0) is 23.1. The Morgan fingerprint density at radius 2 is 1.62 bits per heavy atom. The van der Waals surface area contributed by atoms with Crippen molar-refractivity contribution in [2.75, 3.05) is 12.4 Å². The highest BCUT2D eigenvalue weighted by Crippen LogP contribution is 2.29. The molecule has 9 nitrogen and oxygen atoms in total. The quantitative estimate of drug-likeness (QED) is 0.424. The van der Waals surface area contributed by atoms with Gasteiger partial charge in [-0.2, -0.15) is 0 Å². The van der Waals surface area contributed by atoms with E-state index in [1.54, 1.807) is 25.4 Å². The Morgan fingerprint density at radius 3 is 2.22 bits per heavy atom. The van der Waals surface area contributed by atoms with Crippen LogP contribution >= 0.6 is 0 Å². The summed E-state index contributed by atoms with van der Waals surface area (Å²) in [7, 11) is 1.64. The number of amides is 2. The molecular weight excluding hydrogens is 412 g/mol. The summed E-state index contributed by atoms with van der Waals surface area (Å²) in [5.74, 6) is -0.854. The molecule has 2 amide bonds. The Hall–Kier alpha value is -3.62. The average molecular weight is 441 g/mol. The number of hydrogen-bond donors (Lipinski definition) is 5. The van der Waals surface area contributed by atoms with Crippen LogP contribution in [-0.2, 0) is 22.7 Å². The van der Waals surface area contributed by atoms with Crippen LogP contribution in [0.2, 0.25) is 0 Å². The van der Waals surface area contributed by atoms with Crippen LogP contribution in [0.1, 0.15) is 47.2 Å².